The highest BCUT2D eigenvalue weighted by atomic mass is 16.5. The molecule has 0 atom stereocenters. The molecule has 2 heteroatoms. The Bertz CT molecular complexity index is 160. The molecule has 1 aliphatic carbocycles. The van der Waals surface area contributed by atoms with Gasteiger partial charge in [-0.05, 0) is 25.2 Å². The van der Waals surface area contributed by atoms with Gasteiger partial charge in [-0.1, -0.05) is 39.5 Å². The molecule has 1 rings (SSSR count). The van der Waals surface area contributed by atoms with E-state index >= 15 is 0 Å². The molecule has 90 valence electrons. The third kappa shape index (κ3) is 4.52. The fraction of sp³-hybridized carbons (Fsp3) is 1.00. The smallest absolute Gasteiger partial charge is 0.0804 e. The minimum atomic E-state index is 0.0192. The SMILES string of the molecule is CC(C)CCOC1(CN)CCCCCC1. The van der Waals surface area contributed by atoms with Crippen LogP contribution in [-0.4, -0.2) is 18.8 Å². The van der Waals surface area contributed by atoms with Crippen molar-refractivity contribution in [2.45, 2.75) is 64.4 Å². The lowest BCUT2D eigenvalue weighted by molar-refractivity contribution is -0.0530. The molecular formula is C13H27NO. The Hall–Kier alpha value is -0.0800. The number of ether oxygens (including phenoxy) is 1. The zero-order chi connectivity index (χ0) is 11.1. The zero-order valence-corrected chi connectivity index (χ0v) is 10.4. The topological polar surface area (TPSA) is 35.2 Å². The predicted molar refractivity (Wildman–Crippen MR) is 64.9 cm³/mol. The van der Waals surface area contributed by atoms with E-state index in [1.165, 1.54) is 38.5 Å². The van der Waals surface area contributed by atoms with E-state index in [4.69, 9.17) is 10.5 Å². The zero-order valence-electron chi connectivity index (χ0n) is 10.4. The molecule has 0 saturated heterocycles. The summed E-state index contributed by atoms with van der Waals surface area (Å²) in [5.74, 6) is 0.727. The molecule has 0 aromatic heterocycles. The lowest BCUT2D eigenvalue weighted by atomic mass is 9.94. The lowest BCUT2D eigenvalue weighted by Crippen LogP contribution is -2.40. The van der Waals surface area contributed by atoms with Gasteiger partial charge in [-0.2, -0.15) is 0 Å². The van der Waals surface area contributed by atoms with E-state index in [2.05, 4.69) is 13.8 Å². The van der Waals surface area contributed by atoms with E-state index in [9.17, 15) is 0 Å². The second-order valence-electron chi connectivity index (χ2n) is 5.33. The normalized spacial score (nSPS) is 21.6. The minimum absolute atomic E-state index is 0.0192. The Balaban J connectivity index is 2.36. The highest BCUT2D eigenvalue weighted by Gasteiger charge is 2.30. The first-order chi connectivity index (χ1) is 7.18. The van der Waals surface area contributed by atoms with Gasteiger partial charge in [0, 0.05) is 13.2 Å². The highest BCUT2D eigenvalue weighted by molar-refractivity contribution is 4.84. The molecule has 0 unspecified atom stereocenters. The first kappa shape index (κ1) is 13.0. The second kappa shape index (κ2) is 6.49. The van der Waals surface area contributed by atoms with Crippen LogP contribution < -0.4 is 5.73 Å². The van der Waals surface area contributed by atoms with Gasteiger partial charge in [0.15, 0.2) is 0 Å². The Kier molecular flexibility index (Phi) is 5.62. The summed E-state index contributed by atoms with van der Waals surface area (Å²) in [4.78, 5) is 0. The van der Waals surface area contributed by atoms with Crippen LogP contribution in [0, 0.1) is 5.92 Å². The molecule has 1 fully saturated rings. The number of hydrogen-bond acceptors (Lipinski definition) is 2. The average Bonchev–Trinajstić information content (AvgIpc) is 2.44. The van der Waals surface area contributed by atoms with Crippen LogP contribution in [0.5, 0.6) is 0 Å². The molecule has 1 saturated carbocycles. The van der Waals surface area contributed by atoms with E-state index in [0.29, 0.717) is 6.54 Å². The fourth-order valence-corrected chi connectivity index (χ4v) is 2.29. The second-order valence-corrected chi connectivity index (χ2v) is 5.33. The van der Waals surface area contributed by atoms with Crippen molar-refractivity contribution in [1.29, 1.82) is 0 Å². The van der Waals surface area contributed by atoms with E-state index < -0.39 is 0 Å². The molecule has 15 heavy (non-hydrogen) atoms. The first-order valence-corrected chi connectivity index (χ1v) is 6.52. The summed E-state index contributed by atoms with van der Waals surface area (Å²) < 4.78 is 6.09. The Morgan fingerprint density at radius 2 is 1.73 bits per heavy atom. The standard InChI is InChI=1S/C13H27NO/c1-12(2)7-10-15-13(11-14)8-5-3-4-6-9-13/h12H,3-11,14H2,1-2H3. The summed E-state index contributed by atoms with van der Waals surface area (Å²) in [5.41, 5.74) is 5.92. The average molecular weight is 213 g/mol. The van der Waals surface area contributed by atoms with E-state index in [1.54, 1.807) is 0 Å². The molecule has 2 N–H and O–H groups in total. The summed E-state index contributed by atoms with van der Waals surface area (Å²) in [7, 11) is 0. The van der Waals surface area contributed by atoms with Gasteiger partial charge in [0.1, 0.15) is 0 Å². The maximum Gasteiger partial charge on any atom is 0.0804 e. The summed E-state index contributed by atoms with van der Waals surface area (Å²) in [6, 6.07) is 0. The van der Waals surface area contributed by atoms with Gasteiger partial charge in [-0.3, -0.25) is 0 Å². The Morgan fingerprint density at radius 1 is 1.13 bits per heavy atom. The fourth-order valence-electron chi connectivity index (χ4n) is 2.29. The Labute approximate surface area is 94.6 Å². The highest BCUT2D eigenvalue weighted by Crippen LogP contribution is 2.29. The van der Waals surface area contributed by atoms with Gasteiger partial charge in [-0.25, -0.2) is 0 Å². The van der Waals surface area contributed by atoms with Crippen molar-refractivity contribution in [1.82, 2.24) is 0 Å². The summed E-state index contributed by atoms with van der Waals surface area (Å²) >= 11 is 0. The van der Waals surface area contributed by atoms with Crippen LogP contribution in [-0.2, 0) is 4.74 Å². The van der Waals surface area contributed by atoms with E-state index in [-0.39, 0.29) is 5.60 Å². The van der Waals surface area contributed by atoms with Gasteiger partial charge in [0.25, 0.3) is 0 Å². The van der Waals surface area contributed by atoms with Gasteiger partial charge in [0.2, 0.25) is 0 Å². The van der Waals surface area contributed by atoms with Crippen LogP contribution in [0.4, 0.5) is 0 Å². The van der Waals surface area contributed by atoms with Crippen LogP contribution in [0.1, 0.15) is 58.8 Å². The van der Waals surface area contributed by atoms with Gasteiger partial charge < -0.3 is 10.5 Å². The molecule has 0 radical (unpaired) electrons. The monoisotopic (exact) mass is 213 g/mol. The van der Waals surface area contributed by atoms with E-state index in [1.807, 2.05) is 0 Å². The van der Waals surface area contributed by atoms with Crippen LogP contribution in [0.15, 0.2) is 0 Å². The molecule has 0 aromatic carbocycles. The molecule has 1 aliphatic rings. The summed E-state index contributed by atoms with van der Waals surface area (Å²) in [6.45, 7) is 6.07. The molecular weight excluding hydrogens is 186 g/mol. The van der Waals surface area contributed by atoms with Crippen molar-refractivity contribution in [2.24, 2.45) is 11.7 Å². The third-order valence-electron chi connectivity index (χ3n) is 3.49. The van der Waals surface area contributed by atoms with Crippen molar-refractivity contribution in [2.75, 3.05) is 13.2 Å². The minimum Gasteiger partial charge on any atom is -0.374 e. The molecule has 2 nitrogen and oxygen atoms in total. The van der Waals surface area contributed by atoms with Gasteiger partial charge in [0.05, 0.1) is 5.60 Å². The summed E-state index contributed by atoms with van der Waals surface area (Å²) in [5, 5.41) is 0. The van der Waals surface area contributed by atoms with Crippen molar-refractivity contribution in [3.8, 4) is 0 Å². The molecule has 0 heterocycles. The van der Waals surface area contributed by atoms with Crippen molar-refractivity contribution >= 4 is 0 Å². The molecule has 0 aromatic rings. The maximum atomic E-state index is 6.09. The maximum absolute atomic E-state index is 6.09. The number of rotatable bonds is 5. The van der Waals surface area contributed by atoms with Crippen LogP contribution in [0.25, 0.3) is 0 Å². The van der Waals surface area contributed by atoms with Crippen LogP contribution in [0.3, 0.4) is 0 Å². The van der Waals surface area contributed by atoms with E-state index in [0.717, 1.165) is 18.9 Å². The van der Waals surface area contributed by atoms with Gasteiger partial charge in [-0.15, -0.1) is 0 Å². The van der Waals surface area contributed by atoms with Crippen molar-refractivity contribution in [3.63, 3.8) is 0 Å². The molecule has 0 bridgehead atoms. The van der Waals surface area contributed by atoms with Crippen molar-refractivity contribution < 1.29 is 4.74 Å². The van der Waals surface area contributed by atoms with Crippen molar-refractivity contribution in [3.05, 3.63) is 0 Å². The molecule has 0 spiro atoms. The molecule has 0 aliphatic heterocycles. The lowest BCUT2D eigenvalue weighted by Gasteiger charge is -2.32. The quantitative estimate of drug-likeness (QED) is 0.712. The number of nitrogens with two attached hydrogens (primary N) is 1. The van der Waals surface area contributed by atoms with Crippen LogP contribution in [0.2, 0.25) is 0 Å². The first-order valence-electron chi connectivity index (χ1n) is 6.52. The van der Waals surface area contributed by atoms with Crippen LogP contribution >= 0.6 is 0 Å². The largest absolute Gasteiger partial charge is 0.374 e. The predicted octanol–water partition coefficient (Wildman–Crippen LogP) is 3.10. The third-order valence-corrected chi connectivity index (χ3v) is 3.49. The molecule has 0 amide bonds. The number of hydrogen-bond donors (Lipinski definition) is 1. The Morgan fingerprint density at radius 3 is 2.20 bits per heavy atom. The van der Waals surface area contributed by atoms with Gasteiger partial charge >= 0.3 is 0 Å². The summed E-state index contributed by atoms with van der Waals surface area (Å²) in [6.07, 6.45) is 8.78.